The van der Waals surface area contributed by atoms with Crippen molar-refractivity contribution in [3.8, 4) is 22.8 Å². The molecule has 4 nitrogen and oxygen atoms in total. The Morgan fingerprint density at radius 3 is 2.43 bits per heavy atom. The Hall–Kier alpha value is -2.27. The van der Waals surface area contributed by atoms with Crippen LogP contribution in [0.2, 0.25) is 0 Å². The molecule has 0 amide bonds. The van der Waals surface area contributed by atoms with E-state index in [0.717, 1.165) is 16.8 Å². The van der Waals surface area contributed by atoms with Crippen molar-refractivity contribution in [2.45, 2.75) is 6.92 Å². The minimum atomic E-state index is 0.404. The molecule has 0 atom stereocenters. The number of pyridine rings is 1. The van der Waals surface area contributed by atoms with Crippen LogP contribution >= 0.6 is 15.9 Å². The quantitative estimate of drug-likeness (QED) is 0.769. The maximum atomic E-state index is 6.00. The van der Waals surface area contributed by atoms with Gasteiger partial charge in [-0.15, -0.1) is 0 Å². The molecule has 0 aliphatic carbocycles. The number of nitrogen functional groups attached to an aromatic ring is 1. The van der Waals surface area contributed by atoms with Gasteiger partial charge >= 0.3 is 0 Å². The van der Waals surface area contributed by atoms with Gasteiger partial charge in [-0.1, -0.05) is 36.4 Å². The molecular weight excluding hydrogens is 328 g/mol. The highest BCUT2D eigenvalue weighted by atomic mass is 79.9. The molecule has 0 aliphatic heterocycles. The summed E-state index contributed by atoms with van der Waals surface area (Å²) in [6.07, 6.45) is 1.79. The molecule has 5 heteroatoms. The maximum absolute atomic E-state index is 6.00. The smallest absolute Gasteiger partial charge is 0.180 e. The van der Waals surface area contributed by atoms with E-state index >= 15 is 0 Å². The predicted molar refractivity (Wildman–Crippen MR) is 87.5 cm³/mol. The van der Waals surface area contributed by atoms with Crippen LogP contribution in [0, 0.1) is 6.92 Å². The highest BCUT2D eigenvalue weighted by Crippen LogP contribution is 2.31. The molecular formula is C16H13BrN4. The van der Waals surface area contributed by atoms with Crippen LogP contribution in [0.1, 0.15) is 5.56 Å². The Morgan fingerprint density at radius 2 is 1.76 bits per heavy atom. The molecule has 3 rings (SSSR count). The van der Waals surface area contributed by atoms with E-state index in [1.54, 1.807) is 6.20 Å². The second-order valence-corrected chi connectivity index (χ2v) is 5.47. The fraction of sp³-hybridized carbons (Fsp3) is 0.0625. The van der Waals surface area contributed by atoms with Crippen molar-refractivity contribution in [3.05, 3.63) is 58.7 Å². The van der Waals surface area contributed by atoms with Gasteiger partial charge in [0.2, 0.25) is 0 Å². The Kier molecular flexibility index (Phi) is 3.66. The van der Waals surface area contributed by atoms with E-state index in [4.69, 9.17) is 5.73 Å². The summed E-state index contributed by atoms with van der Waals surface area (Å²) in [4.78, 5) is 13.3. The van der Waals surface area contributed by atoms with Crippen LogP contribution in [0.4, 0.5) is 5.82 Å². The Balaban J connectivity index is 2.16. The van der Waals surface area contributed by atoms with Crippen molar-refractivity contribution in [1.29, 1.82) is 0 Å². The summed E-state index contributed by atoms with van der Waals surface area (Å²) in [5, 5.41) is 0. The third kappa shape index (κ3) is 2.78. The van der Waals surface area contributed by atoms with Gasteiger partial charge in [-0.05, 0) is 34.5 Å². The summed E-state index contributed by atoms with van der Waals surface area (Å²) in [6.45, 7) is 1.99. The fourth-order valence-corrected chi connectivity index (χ4v) is 2.37. The monoisotopic (exact) mass is 340 g/mol. The van der Waals surface area contributed by atoms with E-state index in [2.05, 4.69) is 30.9 Å². The molecule has 0 aliphatic rings. The third-order valence-corrected chi connectivity index (χ3v) is 3.85. The maximum Gasteiger partial charge on any atom is 0.180 e. The first kappa shape index (κ1) is 13.7. The van der Waals surface area contributed by atoms with Crippen LogP contribution in [-0.4, -0.2) is 15.0 Å². The van der Waals surface area contributed by atoms with Crippen LogP contribution in [0.25, 0.3) is 22.8 Å². The number of aromatic nitrogens is 3. The Labute approximate surface area is 131 Å². The molecule has 3 aromatic rings. The second-order valence-electron chi connectivity index (χ2n) is 4.68. The molecule has 0 bridgehead atoms. The zero-order chi connectivity index (χ0) is 14.8. The van der Waals surface area contributed by atoms with Crippen LogP contribution in [0.3, 0.4) is 0 Å². The second kappa shape index (κ2) is 5.61. The minimum absolute atomic E-state index is 0.404. The van der Waals surface area contributed by atoms with Crippen molar-refractivity contribution in [2.75, 3.05) is 5.73 Å². The number of nitrogens with zero attached hydrogens (tertiary/aromatic N) is 3. The zero-order valence-corrected chi connectivity index (χ0v) is 13.0. The van der Waals surface area contributed by atoms with Gasteiger partial charge in [-0.25, -0.2) is 9.97 Å². The fourth-order valence-electron chi connectivity index (χ4n) is 1.97. The van der Waals surface area contributed by atoms with Crippen LogP contribution in [-0.2, 0) is 0 Å². The number of hydrogen-bond donors (Lipinski definition) is 1. The van der Waals surface area contributed by atoms with Gasteiger partial charge in [0.15, 0.2) is 5.82 Å². The number of halogens is 1. The molecule has 2 heterocycles. The average Bonchev–Trinajstić information content (AvgIpc) is 2.51. The lowest BCUT2D eigenvalue weighted by Crippen LogP contribution is -2.01. The van der Waals surface area contributed by atoms with E-state index in [1.165, 1.54) is 0 Å². The molecule has 2 aromatic heterocycles. The van der Waals surface area contributed by atoms with Crippen molar-refractivity contribution in [3.63, 3.8) is 0 Å². The van der Waals surface area contributed by atoms with Gasteiger partial charge < -0.3 is 5.73 Å². The molecule has 21 heavy (non-hydrogen) atoms. The van der Waals surface area contributed by atoms with E-state index in [1.807, 2.05) is 49.4 Å². The van der Waals surface area contributed by atoms with Gasteiger partial charge in [0.05, 0.1) is 10.2 Å². The molecule has 0 saturated heterocycles. The number of nitrogens with two attached hydrogens (primary N) is 1. The number of hydrogen-bond acceptors (Lipinski definition) is 4. The standard InChI is InChI=1S/C16H13BrN4/c1-10-7-8-12(19-9-10)16-20-14(13(17)15(18)21-16)11-5-3-2-4-6-11/h2-9H,1H3,(H2,18,20,21). The summed E-state index contributed by atoms with van der Waals surface area (Å²) in [6, 6.07) is 13.7. The number of rotatable bonds is 2. The van der Waals surface area contributed by atoms with Crippen molar-refractivity contribution in [2.24, 2.45) is 0 Å². The van der Waals surface area contributed by atoms with Crippen molar-refractivity contribution in [1.82, 2.24) is 15.0 Å². The van der Waals surface area contributed by atoms with Crippen LogP contribution in [0.5, 0.6) is 0 Å². The van der Waals surface area contributed by atoms with Gasteiger partial charge in [-0.2, -0.15) is 0 Å². The highest BCUT2D eigenvalue weighted by Gasteiger charge is 2.13. The first-order valence-electron chi connectivity index (χ1n) is 6.46. The van der Waals surface area contributed by atoms with Gasteiger partial charge in [0, 0.05) is 11.8 Å². The minimum Gasteiger partial charge on any atom is -0.383 e. The summed E-state index contributed by atoms with van der Waals surface area (Å²) in [5.74, 6) is 0.927. The molecule has 0 spiro atoms. The van der Waals surface area contributed by atoms with Gasteiger partial charge in [0.1, 0.15) is 11.5 Å². The van der Waals surface area contributed by atoms with Crippen molar-refractivity contribution < 1.29 is 0 Å². The Bertz CT molecular complexity index is 770. The number of aryl methyl sites for hydroxylation is 1. The third-order valence-electron chi connectivity index (χ3n) is 3.06. The Morgan fingerprint density at radius 1 is 1.00 bits per heavy atom. The van der Waals surface area contributed by atoms with E-state index < -0.39 is 0 Å². The molecule has 0 saturated carbocycles. The lowest BCUT2D eigenvalue weighted by Gasteiger charge is -2.09. The van der Waals surface area contributed by atoms with Gasteiger partial charge in [0.25, 0.3) is 0 Å². The summed E-state index contributed by atoms with van der Waals surface area (Å²) < 4.78 is 0.699. The predicted octanol–water partition coefficient (Wildman–Crippen LogP) is 3.86. The van der Waals surface area contributed by atoms with E-state index in [0.29, 0.717) is 21.8 Å². The first-order valence-corrected chi connectivity index (χ1v) is 7.26. The SMILES string of the molecule is Cc1ccc(-c2nc(N)c(Br)c(-c3ccccc3)n2)nc1. The lowest BCUT2D eigenvalue weighted by molar-refractivity contribution is 1.13. The lowest BCUT2D eigenvalue weighted by atomic mass is 10.1. The largest absolute Gasteiger partial charge is 0.383 e. The molecule has 0 unspecified atom stereocenters. The summed E-state index contributed by atoms with van der Waals surface area (Å²) >= 11 is 3.46. The van der Waals surface area contributed by atoms with Crippen LogP contribution in [0.15, 0.2) is 53.1 Å². The summed E-state index contributed by atoms with van der Waals surface area (Å²) in [7, 11) is 0. The zero-order valence-electron chi connectivity index (χ0n) is 11.4. The molecule has 104 valence electrons. The first-order chi connectivity index (χ1) is 10.1. The van der Waals surface area contributed by atoms with E-state index in [-0.39, 0.29) is 0 Å². The highest BCUT2D eigenvalue weighted by molar-refractivity contribution is 9.10. The average molecular weight is 341 g/mol. The van der Waals surface area contributed by atoms with Crippen LogP contribution < -0.4 is 5.73 Å². The van der Waals surface area contributed by atoms with E-state index in [9.17, 15) is 0 Å². The number of benzene rings is 1. The van der Waals surface area contributed by atoms with Crippen molar-refractivity contribution >= 4 is 21.7 Å². The number of anilines is 1. The molecule has 0 fully saturated rings. The molecule has 2 N–H and O–H groups in total. The van der Waals surface area contributed by atoms with Gasteiger partial charge in [-0.3, -0.25) is 4.98 Å². The normalized spacial score (nSPS) is 10.6. The molecule has 0 radical (unpaired) electrons. The molecule has 1 aromatic carbocycles. The summed E-state index contributed by atoms with van der Waals surface area (Å²) in [5.41, 5.74) is 9.54. The topological polar surface area (TPSA) is 64.7 Å².